The molecule has 3 aromatic rings. The average Bonchev–Trinajstić information content (AvgIpc) is 2.64. The summed E-state index contributed by atoms with van der Waals surface area (Å²) in [5.41, 5.74) is 3.71. The van der Waals surface area contributed by atoms with Crippen molar-refractivity contribution >= 4 is 28.8 Å². The maximum absolute atomic E-state index is 12.5. The van der Waals surface area contributed by atoms with E-state index in [4.69, 9.17) is 11.6 Å². The van der Waals surface area contributed by atoms with Gasteiger partial charge in [-0.3, -0.25) is 14.0 Å². The molecule has 6 nitrogen and oxygen atoms in total. The Morgan fingerprint density at radius 1 is 1.21 bits per heavy atom. The first-order valence-corrected chi connectivity index (χ1v) is 9.63. The van der Waals surface area contributed by atoms with E-state index in [1.807, 2.05) is 45.0 Å². The molecule has 7 heteroatoms. The van der Waals surface area contributed by atoms with Crippen LogP contribution in [-0.4, -0.2) is 28.4 Å². The number of nitrogens with zero attached hydrogens (tertiary/aromatic N) is 2. The second-order valence-electron chi connectivity index (χ2n) is 6.91. The Bertz CT molecular complexity index is 1080. The first kappa shape index (κ1) is 20.0. The Morgan fingerprint density at radius 3 is 2.75 bits per heavy atom. The molecule has 2 N–H and O–H groups in total. The second-order valence-corrected chi connectivity index (χ2v) is 7.35. The highest BCUT2D eigenvalue weighted by Gasteiger charge is 2.16. The number of halogens is 1. The fourth-order valence-electron chi connectivity index (χ4n) is 3.17. The Hall–Kier alpha value is -2.70. The summed E-state index contributed by atoms with van der Waals surface area (Å²) >= 11 is 6.02. The van der Waals surface area contributed by atoms with Crippen LogP contribution in [0.4, 0.5) is 5.69 Å². The van der Waals surface area contributed by atoms with Gasteiger partial charge in [0.1, 0.15) is 17.9 Å². The summed E-state index contributed by atoms with van der Waals surface area (Å²) in [6.07, 6.45) is 0. The molecule has 0 saturated heterocycles. The number of hydrogen-bond donors (Lipinski definition) is 2. The first-order valence-electron chi connectivity index (χ1n) is 9.25. The van der Waals surface area contributed by atoms with Crippen LogP contribution in [0, 0.1) is 13.8 Å². The molecule has 0 bridgehead atoms. The van der Waals surface area contributed by atoms with E-state index in [1.54, 1.807) is 22.6 Å². The Labute approximate surface area is 168 Å². The van der Waals surface area contributed by atoms with Crippen molar-refractivity contribution in [2.24, 2.45) is 0 Å². The normalized spacial score (nSPS) is 12.1. The van der Waals surface area contributed by atoms with Crippen molar-refractivity contribution in [3.63, 3.8) is 0 Å². The van der Waals surface area contributed by atoms with Crippen LogP contribution in [0.25, 0.3) is 5.65 Å². The van der Waals surface area contributed by atoms with Crippen LogP contribution < -0.4 is 15.8 Å². The van der Waals surface area contributed by atoms with Crippen LogP contribution in [-0.2, 0) is 11.3 Å². The largest absolute Gasteiger partial charge is 0.322 e. The van der Waals surface area contributed by atoms with Crippen molar-refractivity contribution in [3.05, 3.63) is 74.8 Å². The monoisotopic (exact) mass is 399 g/mol. The minimum absolute atomic E-state index is 0.101. The summed E-state index contributed by atoms with van der Waals surface area (Å²) in [5.74, 6) is -0.101. The van der Waals surface area contributed by atoms with Gasteiger partial charge in [-0.05, 0) is 50.6 Å². The number of carbonyl (C=O) groups excluding carboxylic acids is 1. The highest BCUT2D eigenvalue weighted by Crippen LogP contribution is 2.19. The van der Waals surface area contributed by atoms with E-state index < -0.39 is 0 Å². The molecule has 1 atom stereocenters. The number of rotatable bonds is 6. The molecule has 0 aliphatic rings. The molecule has 0 aliphatic carbocycles. The van der Waals surface area contributed by atoms with Gasteiger partial charge in [0.15, 0.2) is 6.54 Å². The van der Waals surface area contributed by atoms with Crippen LogP contribution in [0.2, 0.25) is 5.02 Å². The number of benzene rings is 1. The van der Waals surface area contributed by atoms with E-state index in [0.29, 0.717) is 28.6 Å². The van der Waals surface area contributed by atoms with Crippen molar-refractivity contribution < 1.29 is 9.69 Å². The lowest BCUT2D eigenvalue weighted by molar-refractivity contribution is -0.904. The lowest BCUT2D eigenvalue weighted by Gasteiger charge is -2.18. The van der Waals surface area contributed by atoms with Crippen LogP contribution >= 0.6 is 11.6 Å². The number of hydrogen-bond acceptors (Lipinski definition) is 3. The SMILES string of the molecule is CC[NH+](CC(=O)Nc1cc(Cl)ccc1C)Cc1cc(=O)n2c(C)cccc2n1. The summed E-state index contributed by atoms with van der Waals surface area (Å²) in [4.78, 5) is 30.6. The number of carbonyl (C=O) groups is 1. The van der Waals surface area contributed by atoms with Gasteiger partial charge in [0, 0.05) is 22.5 Å². The molecule has 1 aromatic carbocycles. The number of aryl methyl sites for hydroxylation is 2. The molecule has 3 rings (SSSR count). The number of amides is 1. The highest BCUT2D eigenvalue weighted by atomic mass is 35.5. The van der Waals surface area contributed by atoms with Crippen molar-refractivity contribution in [2.75, 3.05) is 18.4 Å². The number of pyridine rings is 1. The molecule has 0 aliphatic heterocycles. The van der Waals surface area contributed by atoms with E-state index in [-0.39, 0.29) is 18.0 Å². The zero-order valence-electron chi connectivity index (χ0n) is 16.3. The fourth-order valence-corrected chi connectivity index (χ4v) is 3.35. The third-order valence-electron chi connectivity index (χ3n) is 4.75. The van der Waals surface area contributed by atoms with Gasteiger partial charge in [-0.15, -0.1) is 0 Å². The number of quaternary nitrogens is 1. The zero-order chi connectivity index (χ0) is 20.3. The molecule has 28 heavy (non-hydrogen) atoms. The second kappa shape index (κ2) is 8.54. The molecule has 1 unspecified atom stereocenters. The fraction of sp³-hybridized carbons (Fsp3) is 0.286. The van der Waals surface area contributed by atoms with Crippen LogP contribution in [0.15, 0.2) is 47.3 Å². The maximum atomic E-state index is 12.5. The van der Waals surface area contributed by atoms with E-state index in [2.05, 4.69) is 10.3 Å². The van der Waals surface area contributed by atoms with Gasteiger partial charge in [-0.25, -0.2) is 4.98 Å². The van der Waals surface area contributed by atoms with Crippen molar-refractivity contribution in [1.29, 1.82) is 0 Å². The number of likely N-dealkylation sites (N-methyl/N-ethyl adjacent to an activating group) is 1. The van der Waals surface area contributed by atoms with Crippen molar-refractivity contribution in [2.45, 2.75) is 27.3 Å². The first-order chi connectivity index (χ1) is 13.4. The van der Waals surface area contributed by atoms with Crippen molar-refractivity contribution in [3.8, 4) is 0 Å². The lowest BCUT2D eigenvalue weighted by Crippen LogP contribution is -3.11. The predicted molar refractivity (Wildman–Crippen MR) is 111 cm³/mol. The molecule has 0 spiro atoms. The average molecular weight is 400 g/mol. The summed E-state index contributed by atoms with van der Waals surface area (Å²) in [7, 11) is 0. The molecular weight excluding hydrogens is 376 g/mol. The van der Waals surface area contributed by atoms with Crippen LogP contribution in [0.1, 0.15) is 23.9 Å². The number of fused-ring (bicyclic) bond motifs is 1. The van der Waals surface area contributed by atoms with Gasteiger partial charge in [-0.1, -0.05) is 23.7 Å². The summed E-state index contributed by atoms with van der Waals surface area (Å²) in [5, 5.41) is 3.50. The predicted octanol–water partition coefficient (Wildman–Crippen LogP) is 2.01. The molecule has 2 aromatic heterocycles. The van der Waals surface area contributed by atoms with E-state index in [9.17, 15) is 9.59 Å². The van der Waals surface area contributed by atoms with E-state index >= 15 is 0 Å². The summed E-state index contributed by atoms with van der Waals surface area (Å²) < 4.78 is 1.59. The molecule has 0 radical (unpaired) electrons. The molecule has 0 fully saturated rings. The molecule has 146 valence electrons. The van der Waals surface area contributed by atoms with E-state index in [1.165, 1.54) is 0 Å². The van der Waals surface area contributed by atoms with E-state index in [0.717, 1.165) is 22.7 Å². The Morgan fingerprint density at radius 2 is 2.00 bits per heavy atom. The van der Waals surface area contributed by atoms with Gasteiger partial charge >= 0.3 is 0 Å². The molecule has 2 heterocycles. The summed E-state index contributed by atoms with van der Waals surface area (Å²) in [6.45, 7) is 7.31. The van der Waals surface area contributed by atoms with Gasteiger partial charge in [0.05, 0.1) is 6.54 Å². The van der Waals surface area contributed by atoms with Gasteiger partial charge in [-0.2, -0.15) is 0 Å². The maximum Gasteiger partial charge on any atom is 0.279 e. The lowest BCUT2D eigenvalue weighted by atomic mass is 10.2. The zero-order valence-corrected chi connectivity index (χ0v) is 17.0. The molecular formula is C21H24ClN4O2+. The number of nitrogens with one attached hydrogen (secondary N) is 2. The van der Waals surface area contributed by atoms with Crippen LogP contribution in [0.3, 0.4) is 0 Å². The Balaban J connectivity index is 1.74. The standard InChI is InChI=1S/C21H23ClN4O2/c1-4-25(13-20(27)24-18-10-16(22)9-8-14(18)2)12-17-11-21(28)26-15(3)6-5-7-19(26)23-17/h5-11H,4,12-13H2,1-3H3,(H,24,27)/p+1. The minimum Gasteiger partial charge on any atom is -0.322 e. The number of aromatic nitrogens is 2. The van der Waals surface area contributed by atoms with Gasteiger partial charge in [0.25, 0.3) is 11.5 Å². The smallest absolute Gasteiger partial charge is 0.279 e. The third-order valence-corrected chi connectivity index (χ3v) is 4.98. The molecule has 1 amide bonds. The number of anilines is 1. The Kier molecular flexibility index (Phi) is 6.11. The van der Waals surface area contributed by atoms with Gasteiger partial charge in [0.2, 0.25) is 0 Å². The third kappa shape index (κ3) is 4.58. The minimum atomic E-state index is -0.104. The van der Waals surface area contributed by atoms with Gasteiger partial charge < -0.3 is 10.2 Å². The quantitative estimate of drug-likeness (QED) is 0.666. The highest BCUT2D eigenvalue weighted by molar-refractivity contribution is 6.31. The van der Waals surface area contributed by atoms with Crippen LogP contribution in [0.5, 0.6) is 0 Å². The summed E-state index contributed by atoms with van der Waals surface area (Å²) in [6, 6.07) is 12.5. The van der Waals surface area contributed by atoms with Crippen molar-refractivity contribution in [1.82, 2.24) is 9.38 Å². The topological polar surface area (TPSA) is 67.9 Å². The molecule has 0 saturated carbocycles.